The molecule has 0 spiro atoms. The van der Waals surface area contributed by atoms with Gasteiger partial charge < -0.3 is 14.4 Å². The zero-order valence-corrected chi connectivity index (χ0v) is 21.0. The highest BCUT2D eigenvalue weighted by molar-refractivity contribution is 7.12. The number of methoxy groups -OCH3 is 2. The van der Waals surface area contributed by atoms with E-state index in [9.17, 15) is 9.59 Å². The fraction of sp³-hybridized carbons (Fsp3) is 0.296. The Hall–Kier alpha value is -3.49. The number of aryl methyl sites for hydroxylation is 1. The van der Waals surface area contributed by atoms with Gasteiger partial charge in [0.1, 0.15) is 12.3 Å². The van der Waals surface area contributed by atoms with Crippen LogP contribution in [0.3, 0.4) is 0 Å². The topological polar surface area (TPSA) is 71.4 Å². The molecule has 0 saturated carbocycles. The molecule has 0 saturated heterocycles. The minimum atomic E-state index is -0.259. The SMILES string of the molecule is COCCN(CC(=O)N1N=C(c2cccc(OC)c2)C[C@@H]1c1ccc(C)cc1)C(=O)c1cccs1. The highest BCUT2D eigenvalue weighted by Crippen LogP contribution is 2.33. The van der Waals surface area contributed by atoms with Crippen LogP contribution in [0.15, 0.2) is 71.1 Å². The average Bonchev–Trinajstić information content (AvgIpc) is 3.57. The third-order valence-electron chi connectivity index (χ3n) is 5.94. The van der Waals surface area contributed by atoms with Crippen molar-refractivity contribution in [1.29, 1.82) is 0 Å². The number of hydrogen-bond acceptors (Lipinski definition) is 6. The third kappa shape index (κ3) is 5.78. The molecule has 1 aromatic heterocycles. The second-order valence-electron chi connectivity index (χ2n) is 8.34. The lowest BCUT2D eigenvalue weighted by atomic mass is 9.97. The number of carbonyl (C=O) groups is 2. The molecule has 2 amide bonds. The molecule has 1 aliphatic heterocycles. The van der Waals surface area contributed by atoms with Crippen LogP contribution in [-0.4, -0.2) is 61.4 Å². The molecule has 0 bridgehead atoms. The minimum absolute atomic E-state index is 0.0860. The van der Waals surface area contributed by atoms with Crippen molar-refractivity contribution in [3.8, 4) is 5.75 Å². The maximum absolute atomic E-state index is 13.6. The van der Waals surface area contributed by atoms with Crippen molar-refractivity contribution >= 4 is 28.9 Å². The molecule has 1 aliphatic rings. The molecule has 1 atom stereocenters. The van der Waals surface area contributed by atoms with E-state index in [2.05, 4.69) is 0 Å². The van der Waals surface area contributed by atoms with Crippen LogP contribution in [0.4, 0.5) is 0 Å². The quantitative estimate of drug-likeness (QED) is 0.441. The lowest BCUT2D eigenvalue weighted by Gasteiger charge is -2.26. The number of rotatable bonds is 9. The van der Waals surface area contributed by atoms with Gasteiger partial charge in [-0.15, -0.1) is 11.3 Å². The lowest BCUT2D eigenvalue weighted by molar-refractivity contribution is -0.133. The third-order valence-corrected chi connectivity index (χ3v) is 6.80. The largest absolute Gasteiger partial charge is 0.497 e. The van der Waals surface area contributed by atoms with Gasteiger partial charge in [-0.1, -0.05) is 48.0 Å². The van der Waals surface area contributed by atoms with Crippen molar-refractivity contribution in [2.75, 3.05) is 33.9 Å². The highest BCUT2D eigenvalue weighted by Gasteiger charge is 2.34. The van der Waals surface area contributed by atoms with E-state index in [1.54, 1.807) is 20.3 Å². The first-order chi connectivity index (χ1) is 17.0. The van der Waals surface area contributed by atoms with Crippen molar-refractivity contribution in [3.05, 3.63) is 87.6 Å². The maximum Gasteiger partial charge on any atom is 0.264 e. The molecule has 8 heteroatoms. The van der Waals surface area contributed by atoms with Crippen LogP contribution in [0.2, 0.25) is 0 Å². The molecule has 2 aromatic carbocycles. The Kier molecular flexibility index (Phi) is 7.94. The van der Waals surface area contributed by atoms with Gasteiger partial charge in [-0.05, 0) is 36.1 Å². The second-order valence-corrected chi connectivity index (χ2v) is 9.29. The number of nitrogens with zero attached hydrogens (tertiary/aromatic N) is 3. The number of carbonyl (C=O) groups excluding carboxylic acids is 2. The molecule has 0 unspecified atom stereocenters. The van der Waals surface area contributed by atoms with Crippen LogP contribution in [0.5, 0.6) is 5.75 Å². The zero-order valence-electron chi connectivity index (χ0n) is 20.1. The number of ether oxygens (including phenoxy) is 2. The Bertz CT molecular complexity index is 1190. The number of hydrazone groups is 1. The van der Waals surface area contributed by atoms with Gasteiger partial charge in [-0.2, -0.15) is 5.10 Å². The summed E-state index contributed by atoms with van der Waals surface area (Å²) in [7, 11) is 3.20. The fourth-order valence-corrected chi connectivity index (χ4v) is 4.70. The van der Waals surface area contributed by atoms with E-state index in [1.165, 1.54) is 21.2 Å². The molecule has 3 aromatic rings. The number of benzene rings is 2. The first kappa shape index (κ1) is 24.6. The lowest BCUT2D eigenvalue weighted by Crippen LogP contribution is -2.42. The summed E-state index contributed by atoms with van der Waals surface area (Å²) in [6, 6.07) is 19.1. The first-order valence-corrected chi connectivity index (χ1v) is 12.3. The summed E-state index contributed by atoms with van der Waals surface area (Å²) in [6.07, 6.45) is 0.568. The Morgan fingerprint density at radius 3 is 2.60 bits per heavy atom. The van der Waals surface area contributed by atoms with E-state index >= 15 is 0 Å². The summed E-state index contributed by atoms with van der Waals surface area (Å²) in [4.78, 5) is 28.8. The van der Waals surface area contributed by atoms with E-state index in [4.69, 9.17) is 14.6 Å². The average molecular weight is 492 g/mol. The smallest absolute Gasteiger partial charge is 0.264 e. The van der Waals surface area contributed by atoms with E-state index < -0.39 is 0 Å². The van der Waals surface area contributed by atoms with E-state index in [1.807, 2.05) is 66.9 Å². The van der Waals surface area contributed by atoms with Gasteiger partial charge in [0.25, 0.3) is 11.8 Å². The van der Waals surface area contributed by atoms with E-state index in [0.29, 0.717) is 24.4 Å². The second kappa shape index (κ2) is 11.3. The minimum Gasteiger partial charge on any atom is -0.497 e. The predicted octanol–water partition coefficient (Wildman–Crippen LogP) is 4.53. The van der Waals surface area contributed by atoms with Gasteiger partial charge in [0.05, 0.1) is 30.3 Å². The number of thiophene rings is 1. The maximum atomic E-state index is 13.6. The fourth-order valence-electron chi connectivity index (χ4n) is 4.01. The normalized spacial score (nSPS) is 15.1. The van der Waals surface area contributed by atoms with Gasteiger partial charge in [-0.25, -0.2) is 5.01 Å². The van der Waals surface area contributed by atoms with Gasteiger partial charge >= 0.3 is 0 Å². The van der Waals surface area contributed by atoms with Crippen LogP contribution in [0.25, 0.3) is 0 Å². The van der Waals surface area contributed by atoms with Crippen LogP contribution >= 0.6 is 11.3 Å². The summed E-state index contributed by atoms with van der Waals surface area (Å²) < 4.78 is 10.6. The molecule has 7 nitrogen and oxygen atoms in total. The number of amides is 2. The van der Waals surface area contributed by atoms with Gasteiger partial charge in [-0.3, -0.25) is 9.59 Å². The predicted molar refractivity (Wildman–Crippen MR) is 137 cm³/mol. The standard InChI is InChI=1S/C27H29N3O4S/c1-19-9-11-20(12-10-19)24-17-23(21-6-4-7-22(16-21)34-3)28-30(24)26(31)18-29(13-14-33-2)27(32)25-8-5-15-35-25/h4-12,15-16,24H,13-14,17-18H2,1-3H3/t24-/m1/s1. The number of hydrogen-bond donors (Lipinski definition) is 0. The summed E-state index contributed by atoms with van der Waals surface area (Å²) in [5, 5.41) is 8.13. The molecule has 35 heavy (non-hydrogen) atoms. The van der Waals surface area contributed by atoms with Crippen molar-refractivity contribution in [2.24, 2.45) is 5.10 Å². The Morgan fingerprint density at radius 1 is 1.11 bits per heavy atom. The summed E-state index contributed by atoms with van der Waals surface area (Å²) >= 11 is 1.36. The molecule has 4 rings (SSSR count). The van der Waals surface area contributed by atoms with Gasteiger partial charge in [0, 0.05) is 25.6 Å². The molecule has 2 heterocycles. The Balaban J connectivity index is 1.63. The molecule has 0 fully saturated rings. The van der Waals surface area contributed by atoms with Crippen molar-refractivity contribution in [2.45, 2.75) is 19.4 Å². The van der Waals surface area contributed by atoms with Gasteiger partial charge in [0.15, 0.2) is 0 Å². The highest BCUT2D eigenvalue weighted by atomic mass is 32.1. The van der Waals surface area contributed by atoms with Crippen LogP contribution in [0, 0.1) is 6.92 Å². The Morgan fingerprint density at radius 2 is 1.91 bits per heavy atom. The molecule has 0 aliphatic carbocycles. The molecular weight excluding hydrogens is 462 g/mol. The van der Waals surface area contributed by atoms with Crippen LogP contribution in [-0.2, 0) is 9.53 Å². The Labute approximate surface area is 209 Å². The van der Waals surface area contributed by atoms with E-state index in [0.717, 1.165) is 28.2 Å². The molecule has 0 N–H and O–H groups in total. The van der Waals surface area contributed by atoms with Crippen molar-refractivity contribution in [1.82, 2.24) is 9.91 Å². The summed E-state index contributed by atoms with van der Waals surface area (Å²) in [5.74, 6) is 0.303. The zero-order chi connectivity index (χ0) is 24.8. The van der Waals surface area contributed by atoms with Crippen molar-refractivity contribution in [3.63, 3.8) is 0 Å². The summed E-state index contributed by atoms with van der Waals surface area (Å²) in [5.41, 5.74) is 3.85. The monoisotopic (exact) mass is 491 g/mol. The molecule has 182 valence electrons. The van der Waals surface area contributed by atoms with Gasteiger partial charge in [0.2, 0.25) is 0 Å². The van der Waals surface area contributed by atoms with E-state index in [-0.39, 0.29) is 24.4 Å². The summed E-state index contributed by atoms with van der Waals surface area (Å²) in [6.45, 7) is 2.60. The molecule has 0 radical (unpaired) electrons. The van der Waals surface area contributed by atoms with Crippen molar-refractivity contribution < 1.29 is 19.1 Å². The van der Waals surface area contributed by atoms with Crippen LogP contribution < -0.4 is 4.74 Å². The first-order valence-electron chi connectivity index (χ1n) is 11.4. The molecular formula is C27H29N3O4S. The van der Waals surface area contributed by atoms with Crippen LogP contribution in [0.1, 0.15) is 38.8 Å².